The van der Waals surface area contributed by atoms with Gasteiger partial charge < -0.3 is 0 Å². The summed E-state index contributed by atoms with van der Waals surface area (Å²) in [4.78, 5) is 4.72. The van der Waals surface area contributed by atoms with Crippen molar-refractivity contribution < 1.29 is 9.46 Å². The third-order valence-electron chi connectivity index (χ3n) is 1.76. The largest absolute Gasteiger partial charge is 0.281 e. The number of rotatable bonds is 3. The van der Waals surface area contributed by atoms with E-state index in [0.29, 0.717) is 0 Å². The van der Waals surface area contributed by atoms with E-state index in [2.05, 4.69) is 25.2 Å². The van der Waals surface area contributed by atoms with Gasteiger partial charge in [0.25, 0.3) is 8.32 Å². The molecule has 0 aliphatic rings. The molecule has 0 saturated carbocycles. The number of hydrogen-bond donors (Lipinski definition) is 0. The van der Waals surface area contributed by atoms with E-state index >= 15 is 0 Å². The summed E-state index contributed by atoms with van der Waals surface area (Å²) in [6.45, 7) is 4.21. The molecule has 3 heteroatoms. The molecule has 1 aromatic carbocycles. The van der Waals surface area contributed by atoms with Crippen LogP contribution in [0.3, 0.4) is 0 Å². The molecule has 0 bridgehead atoms. The second-order valence-electron chi connectivity index (χ2n) is 3.13. The van der Waals surface area contributed by atoms with Gasteiger partial charge in [-0.05, 0) is 18.3 Å². The van der Waals surface area contributed by atoms with Crippen LogP contribution in [0.5, 0.6) is 0 Å². The van der Waals surface area contributed by atoms with E-state index in [0.717, 1.165) is 0 Å². The van der Waals surface area contributed by atoms with Crippen LogP contribution >= 0.6 is 0 Å². The molecule has 0 aliphatic heterocycles. The fraction of sp³-hybridized carbons (Fsp3) is 0.333. The Morgan fingerprint density at radius 2 is 1.67 bits per heavy atom. The van der Waals surface area contributed by atoms with Crippen molar-refractivity contribution in [3.05, 3.63) is 30.3 Å². The molecule has 0 atom stereocenters. The molecule has 0 heterocycles. The van der Waals surface area contributed by atoms with Crippen LogP contribution in [0.4, 0.5) is 0 Å². The lowest BCUT2D eigenvalue weighted by Crippen LogP contribution is -2.44. The Morgan fingerprint density at radius 1 is 1.08 bits per heavy atom. The highest BCUT2D eigenvalue weighted by Gasteiger charge is 2.26. The molecule has 66 valence electrons. The highest BCUT2D eigenvalue weighted by atomic mass is 28.4. The topological polar surface area (TPSA) is 18.5 Å². The first-order valence-corrected chi connectivity index (χ1v) is 6.85. The van der Waals surface area contributed by atoms with E-state index in [1.54, 1.807) is 7.11 Å². The van der Waals surface area contributed by atoms with Crippen molar-refractivity contribution >= 4 is 13.5 Å². The minimum absolute atomic E-state index is 1.24. The zero-order valence-corrected chi connectivity index (χ0v) is 8.70. The molecule has 2 nitrogen and oxygen atoms in total. The summed E-state index contributed by atoms with van der Waals surface area (Å²) < 4.78 is 5.25. The van der Waals surface area contributed by atoms with Gasteiger partial charge in [-0.15, -0.1) is 0 Å². The van der Waals surface area contributed by atoms with Gasteiger partial charge in [-0.25, -0.2) is 0 Å². The van der Waals surface area contributed by atoms with Gasteiger partial charge in [0.05, 0.1) is 7.11 Å². The zero-order chi connectivity index (χ0) is 9.03. The Morgan fingerprint density at radius 3 is 2.17 bits per heavy atom. The van der Waals surface area contributed by atoms with Crippen molar-refractivity contribution in [2.75, 3.05) is 7.11 Å². The normalized spacial score (nSPS) is 11.6. The minimum atomic E-state index is -1.80. The Labute approximate surface area is 74.2 Å². The molecule has 0 spiro atoms. The third kappa shape index (κ3) is 2.17. The van der Waals surface area contributed by atoms with E-state index in [-0.39, 0.29) is 0 Å². The van der Waals surface area contributed by atoms with Crippen LogP contribution in [-0.2, 0) is 9.46 Å². The summed E-state index contributed by atoms with van der Waals surface area (Å²) in [5, 5.41) is 1.24. The van der Waals surface area contributed by atoms with Gasteiger partial charge in [-0.1, -0.05) is 30.3 Å². The Kier molecular flexibility index (Phi) is 3.03. The maximum atomic E-state index is 5.25. The molecule has 0 saturated heterocycles. The van der Waals surface area contributed by atoms with Crippen molar-refractivity contribution in [1.29, 1.82) is 0 Å². The van der Waals surface area contributed by atoms with Crippen molar-refractivity contribution in [3.63, 3.8) is 0 Å². The molecule has 0 aromatic heterocycles. The second-order valence-corrected chi connectivity index (χ2v) is 6.89. The molecule has 0 radical (unpaired) electrons. The Hall–Kier alpha value is -0.643. The highest BCUT2D eigenvalue weighted by molar-refractivity contribution is 6.84. The lowest BCUT2D eigenvalue weighted by Gasteiger charge is -2.19. The molecular weight excluding hydrogens is 168 g/mol. The molecule has 0 aliphatic carbocycles. The number of benzene rings is 1. The summed E-state index contributed by atoms with van der Waals surface area (Å²) in [6, 6.07) is 10.2. The summed E-state index contributed by atoms with van der Waals surface area (Å²) >= 11 is 0. The first-order chi connectivity index (χ1) is 5.67. The predicted octanol–water partition coefficient (Wildman–Crippen LogP) is 1.68. The molecule has 0 amide bonds. The second kappa shape index (κ2) is 3.84. The van der Waals surface area contributed by atoms with E-state index in [9.17, 15) is 0 Å². The van der Waals surface area contributed by atoms with E-state index in [1.165, 1.54) is 5.19 Å². The number of hydrogen-bond acceptors (Lipinski definition) is 2. The van der Waals surface area contributed by atoms with Crippen LogP contribution in [0.15, 0.2) is 30.3 Å². The van der Waals surface area contributed by atoms with Gasteiger partial charge in [0.2, 0.25) is 0 Å². The van der Waals surface area contributed by atoms with Gasteiger partial charge in [0.15, 0.2) is 0 Å². The quantitative estimate of drug-likeness (QED) is 0.402. The summed E-state index contributed by atoms with van der Waals surface area (Å²) in [6.07, 6.45) is 0. The van der Waals surface area contributed by atoms with Gasteiger partial charge >= 0.3 is 0 Å². The molecular formula is C9H14O2Si. The zero-order valence-electron chi connectivity index (χ0n) is 7.70. The van der Waals surface area contributed by atoms with Gasteiger partial charge in [0, 0.05) is 0 Å². The summed E-state index contributed by atoms with van der Waals surface area (Å²) in [5.41, 5.74) is 0. The van der Waals surface area contributed by atoms with Crippen molar-refractivity contribution in [2.24, 2.45) is 0 Å². The average molecular weight is 182 g/mol. The molecule has 0 N–H and O–H groups in total. The maximum Gasteiger partial charge on any atom is 0.263 e. The fourth-order valence-corrected chi connectivity index (χ4v) is 2.60. The maximum absolute atomic E-state index is 5.25. The Bertz CT molecular complexity index is 234. The predicted molar refractivity (Wildman–Crippen MR) is 51.7 cm³/mol. The van der Waals surface area contributed by atoms with Crippen molar-refractivity contribution in [2.45, 2.75) is 13.1 Å². The molecule has 0 unspecified atom stereocenters. The summed E-state index contributed by atoms with van der Waals surface area (Å²) in [5.74, 6) is 0. The van der Waals surface area contributed by atoms with Crippen LogP contribution < -0.4 is 5.19 Å². The van der Waals surface area contributed by atoms with Crippen molar-refractivity contribution in [3.8, 4) is 0 Å². The van der Waals surface area contributed by atoms with Crippen LogP contribution in [0.1, 0.15) is 0 Å². The third-order valence-corrected chi connectivity index (χ3v) is 4.07. The minimum Gasteiger partial charge on any atom is -0.281 e. The van der Waals surface area contributed by atoms with Gasteiger partial charge in [0.1, 0.15) is 0 Å². The van der Waals surface area contributed by atoms with Crippen LogP contribution in [0.25, 0.3) is 0 Å². The SMILES string of the molecule is COO[Si](C)(C)c1ccccc1. The van der Waals surface area contributed by atoms with E-state index in [4.69, 9.17) is 9.46 Å². The Balaban J connectivity index is 2.82. The van der Waals surface area contributed by atoms with Crippen LogP contribution in [0.2, 0.25) is 13.1 Å². The lowest BCUT2D eigenvalue weighted by molar-refractivity contribution is -0.187. The van der Waals surface area contributed by atoms with E-state index in [1.807, 2.05) is 18.2 Å². The summed E-state index contributed by atoms with van der Waals surface area (Å²) in [7, 11) is -0.248. The van der Waals surface area contributed by atoms with Gasteiger partial charge in [-0.3, -0.25) is 9.46 Å². The molecule has 1 rings (SSSR count). The van der Waals surface area contributed by atoms with Gasteiger partial charge in [-0.2, -0.15) is 0 Å². The van der Waals surface area contributed by atoms with E-state index < -0.39 is 8.32 Å². The van der Waals surface area contributed by atoms with Crippen LogP contribution in [-0.4, -0.2) is 15.4 Å². The standard InChI is InChI=1S/C9H14O2Si/c1-10-11-12(2,3)9-7-5-4-6-8-9/h4-8H,1-3H3. The highest BCUT2D eigenvalue weighted by Crippen LogP contribution is 2.04. The monoisotopic (exact) mass is 182 g/mol. The molecule has 12 heavy (non-hydrogen) atoms. The lowest BCUT2D eigenvalue weighted by atomic mass is 10.4. The first kappa shape index (κ1) is 9.44. The smallest absolute Gasteiger partial charge is 0.263 e. The first-order valence-electron chi connectivity index (χ1n) is 3.94. The molecule has 0 fully saturated rings. The molecule has 1 aromatic rings. The fourth-order valence-electron chi connectivity index (χ4n) is 1.10. The van der Waals surface area contributed by atoms with Crippen molar-refractivity contribution in [1.82, 2.24) is 0 Å². The van der Waals surface area contributed by atoms with Crippen LogP contribution in [0, 0.1) is 0 Å². The average Bonchev–Trinajstić information content (AvgIpc) is 2.06.